The number of rotatable bonds is 7. The number of carboxylic acids is 1. The predicted octanol–water partition coefficient (Wildman–Crippen LogP) is 1.59. The van der Waals surface area contributed by atoms with Crippen molar-refractivity contribution in [2.24, 2.45) is 7.05 Å². The number of nitrogens with zero attached hydrogens (tertiary/aromatic N) is 1. The lowest BCUT2D eigenvalue weighted by atomic mass is 10.2. The molecule has 1 aromatic carbocycles. The number of benzene rings is 1. The molecule has 1 atom stereocenters. The SMILES string of the molecule is Cc1ccc2c(c1)cc(C(=O)NC(C)C(=O)NCCCC(=O)O)n2C. The van der Waals surface area contributed by atoms with Crippen molar-refractivity contribution in [3.63, 3.8) is 0 Å². The van der Waals surface area contributed by atoms with Gasteiger partial charge < -0.3 is 20.3 Å². The van der Waals surface area contributed by atoms with E-state index in [1.807, 2.05) is 32.2 Å². The number of nitrogens with one attached hydrogen (secondary N) is 2. The molecule has 2 aromatic rings. The monoisotopic (exact) mass is 345 g/mol. The van der Waals surface area contributed by atoms with Crippen LogP contribution in [-0.4, -0.2) is 40.0 Å². The zero-order chi connectivity index (χ0) is 18.6. The molecule has 1 unspecified atom stereocenters. The maximum Gasteiger partial charge on any atom is 0.303 e. The lowest BCUT2D eigenvalue weighted by Crippen LogP contribution is -2.45. The number of hydrogen-bond acceptors (Lipinski definition) is 3. The molecule has 2 rings (SSSR count). The summed E-state index contributed by atoms with van der Waals surface area (Å²) in [7, 11) is 1.81. The number of fused-ring (bicyclic) bond motifs is 1. The third kappa shape index (κ3) is 4.59. The van der Waals surface area contributed by atoms with Gasteiger partial charge in [0.15, 0.2) is 0 Å². The van der Waals surface area contributed by atoms with Crippen LogP contribution in [0.3, 0.4) is 0 Å². The van der Waals surface area contributed by atoms with Crippen molar-refractivity contribution in [3.8, 4) is 0 Å². The van der Waals surface area contributed by atoms with Crippen molar-refractivity contribution in [2.45, 2.75) is 32.7 Å². The summed E-state index contributed by atoms with van der Waals surface area (Å²) in [5.74, 6) is -1.57. The fourth-order valence-electron chi connectivity index (χ4n) is 2.63. The van der Waals surface area contributed by atoms with Crippen LogP contribution in [0, 0.1) is 6.92 Å². The first-order valence-corrected chi connectivity index (χ1v) is 8.16. The molecule has 0 bridgehead atoms. The molecule has 0 spiro atoms. The fourth-order valence-corrected chi connectivity index (χ4v) is 2.63. The van der Waals surface area contributed by atoms with Crippen molar-refractivity contribution in [3.05, 3.63) is 35.5 Å². The average Bonchev–Trinajstić information content (AvgIpc) is 2.87. The number of aryl methyl sites for hydroxylation is 2. The Morgan fingerprint density at radius 2 is 1.96 bits per heavy atom. The van der Waals surface area contributed by atoms with Crippen molar-refractivity contribution in [1.82, 2.24) is 15.2 Å². The lowest BCUT2D eigenvalue weighted by Gasteiger charge is -2.14. The minimum atomic E-state index is -0.901. The molecular weight excluding hydrogens is 322 g/mol. The van der Waals surface area contributed by atoms with E-state index < -0.39 is 12.0 Å². The van der Waals surface area contributed by atoms with Crippen LogP contribution in [0.25, 0.3) is 10.9 Å². The minimum absolute atomic E-state index is 0.00360. The van der Waals surface area contributed by atoms with Gasteiger partial charge in [-0.05, 0) is 38.5 Å². The summed E-state index contributed by atoms with van der Waals surface area (Å²) in [4.78, 5) is 34.9. The minimum Gasteiger partial charge on any atom is -0.481 e. The Bertz CT molecular complexity index is 810. The summed E-state index contributed by atoms with van der Waals surface area (Å²) < 4.78 is 1.79. The average molecular weight is 345 g/mol. The highest BCUT2D eigenvalue weighted by atomic mass is 16.4. The molecule has 134 valence electrons. The summed E-state index contributed by atoms with van der Waals surface area (Å²) in [5.41, 5.74) is 2.53. The Labute approximate surface area is 146 Å². The third-order valence-electron chi connectivity index (χ3n) is 4.04. The number of carbonyl (C=O) groups is 3. The molecule has 1 heterocycles. The maximum absolute atomic E-state index is 12.5. The van der Waals surface area contributed by atoms with Crippen LogP contribution < -0.4 is 10.6 Å². The molecule has 0 fully saturated rings. The first kappa shape index (κ1) is 18.5. The van der Waals surface area contributed by atoms with Crippen LogP contribution in [0.1, 0.15) is 35.8 Å². The Balaban J connectivity index is 1.98. The van der Waals surface area contributed by atoms with E-state index in [4.69, 9.17) is 5.11 Å². The lowest BCUT2D eigenvalue weighted by molar-refractivity contribution is -0.137. The van der Waals surface area contributed by atoms with Gasteiger partial charge in [0, 0.05) is 30.9 Å². The first-order valence-electron chi connectivity index (χ1n) is 8.16. The Morgan fingerprint density at radius 3 is 2.64 bits per heavy atom. The van der Waals surface area contributed by atoms with Gasteiger partial charge in [0.05, 0.1) is 0 Å². The van der Waals surface area contributed by atoms with Gasteiger partial charge >= 0.3 is 5.97 Å². The van der Waals surface area contributed by atoms with Crippen molar-refractivity contribution < 1.29 is 19.5 Å². The summed E-state index contributed by atoms with van der Waals surface area (Å²) >= 11 is 0. The molecule has 0 aliphatic heterocycles. The second-order valence-electron chi connectivity index (χ2n) is 6.13. The van der Waals surface area contributed by atoms with Crippen LogP contribution in [-0.2, 0) is 16.6 Å². The number of amides is 2. The molecule has 2 amide bonds. The number of hydrogen-bond donors (Lipinski definition) is 3. The summed E-state index contributed by atoms with van der Waals surface area (Å²) in [6.07, 6.45) is 0.348. The molecule has 7 heteroatoms. The Morgan fingerprint density at radius 1 is 1.24 bits per heavy atom. The van der Waals surface area contributed by atoms with E-state index in [2.05, 4.69) is 10.6 Å². The van der Waals surface area contributed by atoms with E-state index >= 15 is 0 Å². The van der Waals surface area contributed by atoms with E-state index in [1.54, 1.807) is 17.6 Å². The molecule has 0 saturated heterocycles. The first-order chi connectivity index (χ1) is 11.8. The quantitative estimate of drug-likeness (QED) is 0.663. The van der Waals surface area contributed by atoms with Crippen LogP contribution in [0.2, 0.25) is 0 Å². The van der Waals surface area contributed by atoms with E-state index in [9.17, 15) is 14.4 Å². The van der Waals surface area contributed by atoms with Crippen LogP contribution in [0.15, 0.2) is 24.3 Å². The highest BCUT2D eigenvalue weighted by Gasteiger charge is 2.19. The van der Waals surface area contributed by atoms with Gasteiger partial charge in [-0.15, -0.1) is 0 Å². The smallest absolute Gasteiger partial charge is 0.303 e. The number of carboxylic acid groups (broad SMARTS) is 1. The van der Waals surface area contributed by atoms with Crippen molar-refractivity contribution in [2.75, 3.05) is 6.54 Å². The second kappa shape index (κ2) is 7.83. The van der Waals surface area contributed by atoms with E-state index in [-0.39, 0.29) is 24.8 Å². The third-order valence-corrected chi connectivity index (χ3v) is 4.04. The van der Waals surface area contributed by atoms with Gasteiger partial charge in [0.1, 0.15) is 11.7 Å². The largest absolute Gasteiger partial charge is 0.481 e. The summed E-state index contributed by atoms with van der Waals surface area (Å²) in [6, 6.07) is 7.04. The molecular formula is C18H23N3O4. The summed E-state index contributed by atoms with van der Waals surface area (Å²) in [5, 5.41) is 14.8. The molecule has 3 N–H and O–H groups in total. The van der Waals surface area contributed by atoms with Gasteiger partial charge in [-0.3, -0.25) is 14.4 Å². The normalized spacial score (nSPS) is 12.0. The van der Waals surface area contributed by atoms with Crippen LogP contribution in [0.5, 0.6) is 0 Å². The van der Waals surface area contributed by atoms with Gasteiger partial charge in [-0.2, -0.15) is 0 Å². The van der Waals surface area contributed by atoms with Crippen molar-refractivity contribution in [1.29, 1.82) is 0 Å². The van der Waals surface area contributed by atoms with Crippen molar-refractivity contribution >= 4 is 28.7 Å². The van der Waals surface area contributed by atoms with Gasteiger partial charge in [-0.1, -0.05) is 11.6 Å². The van der Waals surface area contributed by atoms with Gasteiger partial charge in [0.2, 0.25) is 5.91 Å². The highest BCUT2D eigenvalue weighted by molar-refractivity contribution is 6.00. The van der Waals surface area contributed by atoms with E-state index in [0.717, 1.165) is 16.5 Å². The topological polar surface area (TPSA) is 100 Å². The highest BCUT2D eigenvalue weighted by Crippen LogP contribution is 2.20. The van der Waals surface area contributed by atoms with Crippen LogP contribution in [0.4, 0.5) is 0 Å². The van der Waals surface area contributed by atoms with Gasteiger partial charge in [-0.25, -0.2) is 0 Å². The maximum atomic E-state index is 12.5. The zero-order valence-corrected chi connectivity index (χ0v) is 14.6. The Kier molecular flexibility index (Phi) is 5.80. The standard InChI is InChI=1S/C18H23N3O4/c1-11-6-7-14-13(9-11)10-15(21(14)3)18(25)20-12(2)17(24)19-8-4-5-16(22)23/h6-7,9-10,12H,4-5,8H2,1-3H3,(H,19,24)(H,20,25)(H,22,23). The molecule has 0 saturated carbocycles. The van der Waals surface area contributed by atoms with Crippen LogP contribution >= 0.6 is 0 Å². The van der Waals surface area contributed by atoms with E-state index in [0.29, 0.717) is 12.1 Å². The predicted molar refractivity (Wildman–Crippen MR) is 94.5 cm³/mol. The molecule has 1 aromatic heterocycles. The van der Waals surface area contributed by atoms with E-state index in [1.165, 1.54) is 0 Å². The Hall–Kier alpha value is -2.83. The fraction of sp³-hybridized carbons (Fsp3) is 0.389. The molecule has 25 heavy (non-hydrogen) atoms. The molecule has 0 aliphatic rings. The zero-order valence-electron chi connectivity index (χ0n) is 14.6. The number of aliphatic carboxylic acids is 1. The number of aromatic nitrogens is 1. The number of carbonyl (C=O) groups excluding carboxylic acids is 2. The molecule has 0 aliphatic carbocycles. The molecule has 0 radical (unpaired) electrons. The summed E-state index contributed by atoms with van der Waals surface area (Å²) in [6.45, 7) is 3.85. The van der Waals surface area contributed by atoms with Gasteiger partial charge in [0.25, 0.3) is 5.91 Å². The molecule has 7 nitrogen and oxygen atoms in total. The second-order valence-corrected chi connectivity index (χ2v) is 6.13.